The average Bonchev–Trinajstić information content (AvgIpc) is 2.09. The van der Waals surface area contributed by atoms with Crippen LogP contribution in [0.5, 0.6) is 0 Å². The molecule has 1 rings (SSSR count). The van der Waals surface area contributed by atoms with E-state index in [0.29, 0.717) is 11.8 Å². The monoisotopic (exact) mass is 204 g/mol. The largest absolute Gasteiger partial charge is 0.127 e. The molecule has 0 unspecified atom stereocenters. The first-order valence-electron chi connectivity index (χ1n) is 4.35. The van der Waals surface area contributed by atoms with Gasteiger partial charge in [-0.25, -0.2) is 0 Å². The van der Waals surface area contributed by atoms with Crippen molar-refractivity contribution < 1.29 is 0 Å². The van der Waals surface area contributed by atoms with E-state index in [-0.39, 0.29) is 0 Å². The number of hydrogen-bond acceptors (Lipinski definition) is 0. The fourth-order valence-corrected chi connectivity index (χ4v) is 1.84. The Morgan fingerprint density at radius 3 is 1.33 bits per heavy atom. The van der Waals surface area contributed by atoms with Gasteiger partial charge in [-0.05, 0) is 24.7 Å². The molecule has 0 amide bonds. The van der Waals surface area contributed by atoms with Gasteiger partial charge >= 0.3 is 0 Å². The second kappa shape index (κ2) is 5.66. The van der Waals surface area contributed by atoms with Crippen LogP contribution in [0.3, 0.4) is 0 Å². The Balaban J connectivity index is 2.32. The Kier molecular flexibility index (Phi) is 4.79. The number of alkyl halides is 2. The molecule has 0 N–H and O–H groups in total. The lowest BCUT2D eigenvalue weighted by Gasteiger charge is -2.14. The lowest BCUT2D eigenvalue weighted by Crippen LogP contribution is -2.03. The van der Waals surface area contributed by atoms with Crippen LogP contribution in [-0.2, 0) is 0 Å². The normalized spacial score (nSPS) is 27.8. The van der Waals surface area contributed by atoms with Gasteiger partial charge in [0.2, 0.25) is 0 Å². The number of halogens is 2. The molecule has 0 saturated carbocycles. The van der Waals surface area contributed by atoms with Crippen molar-refractivity contribution in [1.29, 1.82) is 0 Å². The van der Waals surface area contributed by atoms with Gasteiger partial charge in [0.05, 0.1) is 0 Å². The number of rotatable bonds is 4. The van der Waals surface area contributed by atoms with Crippen LogP contribution in [0, 0.1) is 11.8 Å². The Hall–Kier alpha value is 0.0600. The molecule has 2 heteroatoms. The fraction of sp³-hybridized carbons (Fsp3) is 0.600. The van der Waals surface area contributed by atoms with E-state index in [0.717, 1.165) is 24.6 Å². The van der Waals surface area contributed by atoms with Crippen LogP contribution in [0.15, 0.2) is 24.3 Å². The summed E-state index contributed by atoms with van der Waals surface area (Å²) in [6.45, 7) is 0. The zero-order valence-electron chi connectivity index (χ0n) is 7.05. The molecule has 68 valence electrons. The first-order valence-corrected chi connectivity index (χ1v) is 5.42. The molecule has 0 aromatic carbocycles. The van der Waals surface area contributed by atoms with Crippen molar-refractivity contribution in [3.8, 4) is 0 Å². The summed E-state index contributed by atoms with van der Waals surface area (Å²) in [6.07, 6.45) is 11.0. The van der Waals surface area contributed by atoms with Gasteiger partial charge in [0.15, 0.2) is 0 Å². The summed E-state index contributed by atoms with van der Waals surface area (Å²) in [5.41, 5.74) is 0. The minimum Gasteiger partial charge on any atom is -0.127 e. The van der Waals surface area contributed by atoms with Gasteiger partial charge in [0, 0.05) is 11.8 Å². The van der Waals surface area contributed by atoms with E-state index in [2.05, 4.69) is 24.3 Å². The quantitative estimate of drug-likeness (QED) is 0.485. The van der Waals surface area contributed by atoms with Gasteiger partial charge < -0.3 is 0 Å². The molecule has 0 spiro atoms. The summed E-state index contributed by atoms with van der Waals surface area (Å²) in [5, 5.41) is 0. The maximum absolute atomic E-state index is 5.64. The molecule has 0 heterocycles. The molecule has 0 aromatic heterocycles. The van der Waals surface area contributed by atoms with Gasteiger partial charge in [0.1, 0.15) is 0 Å². The van der Waals surface area contributed by atoms with E-state index in [1.54, 1.807) is 0 Å². The molecule has 0 bridgehead atoms. The van der Waals surface area contributed by atoms with Crippen molar-refractivity contribution >= 4 is 23.2 Å². The van der Waals surface area contributed by atoms with Crippen molar-refractivity contribution in [1.82, 2.24) is 0 Å². The van der Waals surface area contributed by atoms with E-state index < -0.39 is 0 Å². The summed E-state index contributed by atoms with van der Waals surface area (Å²) in [4.78, 5) is 0. The van der Waals surface area contributed by atoms with E-state index in [1.807, 2.05) is 0 Å². The van der Waals surface area contributed by atoms with Crippen LogP contribution in [0.1, 0.15) is 12.8 Å². The van der Waals surface area contributed by atoms with Gasteiger partial charge in [0.25, 0.3) is 0 Å². The topological polar surface area (TPSA) is 0 Å². The van der Waals surface area contributed by atoms with E-state index in [1.165, 1.54) is 0 Å². The smallest absolute Gasteiger partial charge is 0.0232 e. The van der Waals surface area contributed by atoms with Crippen molar-refractivity contribution in [3.63, 3.8) is 0 Å². The molecule has 0 nitrogen and oxygen atoms in total. The Bertz CT molecular complexity index is 141. The van der Waals surface area contributed by atoms with Crippen LogP contribution in [0.4, 0.5) is 0 Å². The third kappa shape index (κ3) is 3.20. The molecule has 0 radical (unpaired) electrons. The van der Waals surface area contributed by atoms with Crippen LogP contribution in [0.2, 0.25) is 0 Å². The highest BCUT2D eigenvalue weighted by Crippen LogP contribution is 2.20. The van der Waals surface area contributed by atoms with Crippen LogP contribution >= 0.6 is 23.2 Å². The molecule has 0 aliphatic heterocycles. The minimum atomic E-state index is 0.550. The summed E-state index contributed by atoms with van der Waals surface area (Å²) < 4.78 is 0. The Labute approximate surface area is 84.2 Å². The predicted octanol–water partition coefficient (Wildman–Crippen LogP) is 3.60. The number of allylic oxidation sites excluding steroid dienone is 4. The fourth-order valence-electron chi connectivity index (χ4n) is 1.34. The third-order valence-corrected chi connectivity index (χ3v) is 2.53. The standard InChI is InChI=1S/C10H14Cl2/c11-7-5-9-1-2-10(4-3-9)6-8-12/h1-4,9-10H,5-8H2. The molecular weight excluding hydrogens is 191 g/mol. The molecule has 1 aliphatic carbocycles. The number of hydrogen-bond donors (Lipinski definition) is 0. The molecule has 0 aromatic rings. The molecule has 0 saturated heterocycles. The van der Waals surface area contributed by atoms with E-state index in [9.17, 15) is 0 Å². The zero-order valence-corrected chi connectivity index (χ0v) is 8.56. The SMILES string of the molecule is ClCCC1C=CC(CCCl)C=C1. The summed E-state index contributed by atoms with van der Waals surface area (Å²) >= 11 is 11.3. The van der Waals surface area contributed by atoms with Crippen molar-refractivity contribution in [2.45, 2.75) is 12.8 Å². The van der Waals surface area contributed by atoms with Crippen LogP contribution in [0.25, 0.3) is 0 Å². The second-order valence-corrected chi connectivity index (χ2v) is 3.81. The van der Waals surface area contributed by atoms with E-state index in [4.69, 9.17) is 23.2 Å². The summed E-state index contributed by atoms with van der Waals surface area (Å²) in [5.74, 6) is 2.57. The molecule has 0 fully saturated rings. The van der Waals surface area contributed by atoms with E-state index >= 15 is 0 Å². The Morgan fingerprint density at radius 1 is 0.750 bits per heavy atom. The highest BCUT2D eigenvalue weighted by Gasteiger charge is 2.07. The maximum Gasteiger partial charge on any atom is 0.0232 e. The third-order valence-electron chi connectivity index (χ3n) is 2.10. The molecule has 1 aliphatic rings. The lowest BCUT2D eigenvalue weighted by molar-refractivity contribution is 0.698. The van der Waals surface area contributed by atoms with Crippen molar-refractivity contribution in [2.75, 3.05) is 11.8 Å². The van der Waals surface area contributed by atoms with Crippen LogP contribution < -0.4 is 0 Å². The summed E-state index contributed by atoms with van der Waals surface area (Å²) in [7, 11) is 0. The Morgan fingerprint density at radius 2 is 1.08 bits per heavy atom. The highest BCUT2D eigenvalue weighted by atomic mass is 35.5. The predicted molar refractivity (Wildman–Crippen MR) is 55.9 cm³/mol. The molecule has 0 atom stereocenters. The maximum atomic E-state index is 5.64. The second-order valence-electron chi connectivity index (χ2n) is 3.05. The van der Waals surface area contributed by atoms with Crippen molar-refractivity contribution in [2.24, 2.45) is 11.8 Å². The average molecular weight is 205 g/mol. The van der Waals surface area contributed by atoms with Crippen LogP contribution in [-0.4, -0.2) is 11.8 Å². The lowest BCUT2D eigenvalue weighted by atomic mass is 9.93. The van der Waals surface area contributed by atoms with Gasteiger partial charge in [-0.1, -0.05) is 24.3 Å². The molecule has 12 heavy (non-hydrogen) atoms. The summed E-state index contributed by atoms with van der Waals surface area (Å²) in [6, 6.07) is 0. The van der Waals surface area contributed by atoms with Crippen molar-refractivity contribution in [3.05, 3.63) is 24.3 Å². The zero-order chi connectivity index (χ0) is 8.81. The van der Waals surface area contributed by atoms with Gasteiger partial charge in [-0.15, -0.1) is 23.2 Å². The van der Waals surface area contributed by atoms with Gasteiger partial charge in [-0.3, -0.25) is 0 Å². The van der Waals surface area contributed by atoms with Gasteiger partial charge in [-0.2, -0.15) is 0 Å². The first kappa shape index (κ1) is 10.1. The molecular formula is C10H14Cl2. The first-order chi connectivity index (χ1) is 5.86. The minimum absolute atomic E-state index is 0.550. The highest BCUT2D eigenvalue weighted by molar-refractivity contribution is 6.18.